The number of hydrogen-bond acceptors (Lipinski definition) is 0. The molecular formula is F3Se. The molecule has 0 fully saturated rings. The van der Waals surface area contributed by atoms with Crippen molar-refractivity contribution in [2.75, 3.05) is 0 Å². The summed E-state index contributed by atoms with van der Waals surface area (Å²) in [5, 5.41) is 0. The van der Waals surface area contributed by atoms with Crippen molar-refractivity contribution in [1.29, 1.82) is 0 Å². The van der Waals surface area contributed by atoms with E-state index in [4.69, 9.17) is 0 Å². The van der Waals surface area contributed by atoms with Crippen LogP contribution >= 0.6 is 0 Å². The van der Waals surface area contributed by atoms with E-state index in [-0.39, 0.29) is 0 Å². The van der Waals surface area contributed by atoms with Crippen LogP contribution in [0.4, 0.5) is 10.7 Å². The first-order valence-electron chi connectivity index (χ1n) is 0.463. The zero-order chi connectivity index (χ0) is 3.58. The monoisotopic (exact) mass is 137 g/mol. The van der Waals surface area contributed by atoms with Crippen molar-refractivity contribution in [3.05, 3.63) is 0 Å². The number of hydrogen-bond donors (Lipinski definition) is 0. The van der Waals surface area contributed by atoms with E-state index in [1.807, 2.05) is 0 Å². The Morgan fingerprint density at radius 1 is 1.00 bits per heavy atom. The van der Waals surface area contributed by atoms with Crippen molar-refractivity contribution in [2.24, 2.45) is 0 Å². The second-order valence-corrected chi connectivity index (χ2v) is 0.909. The van der Waals surface area contributed by atoms with Gasteiger partial charge in [-0.2, -0.15) is 0 Å². The molecule has 0 N–H and O–H groups in total. The predicted octanol–water partition coefficient (Wildman–Crippen LogP) is 0.880. The van der Waals surface area contributed by atoms with Gasteiger partial charge in [-0.1, -0.05) is 0 Å². The average molecular weight is 136 g/mol. The molecule has 0 heterocycles. The molecule has 0 bridgehead atoms. The normalized spacial score (nSPS) is 9.00. The summed E-state index contributed by atoms with van der Waals surface area (Å²) < 4.78 is 29.4. The maximum absolute atomic E-state index is 9.79. The van der Waals surface area contributed by atoms with Crippen LogP contribution in [0.25, 0.3) is 0 Å². The summed E-state index contributed by atoms with van der Waals surface area (Å²) in [6.07, 6.45) is 0. The van der Waals surface area contributed by atoms with Gasteiger partial charge in [0.2, 0.25) is 0 Å². The molecule has 0 aliphatic carbocycles. The third kappa shape index (κ3) is 41.3. The van der Waals surface area contributed by atoms with Crippen LogP contribution in [-0.2, 0) is 0 Å². The van der Waals surface area contributed by atoms with Crippen molar-refractivity contribution in [2.45, 2.75) is 0 Å². The van der Waals surface area contributed by atoms with Crippen molar-refractivity contribution < 1.29 is 10.7 Å². The number of halogens is 3. The van der Waals surface area contributed by atoms with Gasteiger partial charge in [-0.3, -0.25) is 0 Å². The molecule has 0 rings (SSSR count). The fourth-order valence-corrected chi connectivity index (χ4v) is 0. The molecule has 0 saturated carbocycles. The predicted molar refractivity (Wildman–Crippen MR) is 9.08 cm³/mol. The Bertz CT molecular complexity index is 8.00. The van der Waals surface area contributed by atoms with Gasteiger partial charge in [-0.25, -0.2) is 0 Å². The second-order valence-electron chi connectivity index (χ2n) is 0.175. The molecule has 0 aromatic heterocycles. The van der Waals surface area contributed by atoms with Gasteiger partial charge in [0.25, 0.3) is 0 Å². The molecule has 0 aromatic carbocycles. The fourth-order valence-electron chi connectivity index (χ4n) is 0. The van der Waals surface area contributed by atoms with Crippen LogP contribution in [0.2, 0.25) is 0 Å². The van der Waals surface area contributed by atoms with E-state index in [1.54, 1.807) is 0 Å². The first-order chi connectivity index (χ1) is 1.73. The molecule has 0 aromatic rings. The zero-order valence-corrected chi connectivity index (χ0v) is 3.26. The summed E-state index contributed by atoms with van der Waals surface area (Å²) in [4.78, 5) is 0. The molecule has 0 unspecified atom stereocenters. The molecule has 0 nitrogen and oxygen atoms in total. The van der Waals surface area contributed by atoms with Gasteiger partial charge in [0.15, 0.2) is 0 Å². The van der Waals surface area contributed by atoms with Gasteiger partial charge in [0.1, 0.15) is 0 Å². The van der Waals surface area contributed by atoms with Gasteiger partial charge in [-0.15, -0.1) is 0 Å². The summed E-state index contributed by atoms with van der Waals surface area (Å²) in [5.41, 5.74) is 0. The fraction of sp³-hybridized carbons (Fsp3) is 0. The molecule has 0 aliphatic heterocycles. The minimum atomic E-state index is -4.54. The molecule has 0 amide bonds. The average Bonchev–Trinajstić information content (AvgIpc) is 0.811. The van der Waals surface area contributed by atoms with Gasteiger partial charge >= 0.3 is 25.9 Å². The van der Waals surface area contributed by atoms with Crippen LogP contribution < -0.4 is 0 Å². The van der Waals surface area contributed by atoms with Crippen LogP contribution in [0.1, 0.15) is 0 Å². The quantitative estimate of drug-likeness (QED) is 0.433. The van der Waals surface area contributed by atoms with Crippen molar-refractivity contribution >= 4 is 15.3 Å². The van der Waals surface area contributed by atoms with E-state index in [0.717, 1.165) is 0 Å². The standard InChI is InChI=1S/F3Se/c1-4(2)3. The topological polar surface area (TPSA) is 0 Å². The molecule has 0 saturated heterocycles. The molecule has 4 heteroatoms. The Balaban J connectivity index is 2.32. The summed E-state index contributed by atoms with van der Waals surface area (Å²) in [5.74, 6) is 0. The SMILES string of the molecule is F[Se](F)F. The first-order valence-corrected chi connectivity index (χ1v) is 2.41. The van der Waals surface area contributed by atoms with Crippen LogP contribution in [0.5, 0.6) is 0 Å². The Morgan fingerprint density at radius 3 is 1.00 bits per heavy atom. The maximum atomic E-state index is 9.79. The molecule has 1 radical (unpaired) electrons. The van der Waals surface area contributed by atoms with Crippen molar-refractivity contribution in [1.82, 2.24) is 0 Å². The summed E-state index contributed by atoms with van der Waals surface area (Å²) in [6, 6.07) is 0. The van der Waals surface area contributed by atoms with E-state index in [0.29, 0.717) is 0 Å². The van der Waals surface area contributed by atoms with E-state index in [2.05, 4.69) is 0 Å². The summed E-state index contributed by atoms with van der Waals surface area (Å²) >= 11 is -4.54. The minimum absolute atomic E-state index is 4.54. The van der Waals surface area contributed by atoms with Crippen molar-refractivity contribution in [3.8, 4) is 0 Å². The number of rotatable bonds is 0. The Labute approximate surface area is 26.9 Å². The van der Waals surface area contributed by atoms with Crippen LogP contribution in [0, 0.1) is 0 Å². The molecule has 4 heavy (non-hydrogen) atoms. The molecular weight excluding hydrogens is 136 g/mol. The van der Waals surface area contributed by atoms with E-state index in [1.165, 1.54) is 0 Å². The van der Waals surface area contributed by atoms with Crippen LogP contribution in [0.15, 0.2) is 0 Å². The molecule has 0 spiro atoms. The van der Waals surface area contributed by atoms with Gasteiger partial charge in [-0.05, 0) is 0 Å². The van der Waals surface area contributed by atoms with Gasteiger partial charge < -0.3 is 0 Å². The summed E-state index contributed by atoms with van der Waals surface area (Å²) in [7, 11) is 0. The Kier molecular flexibility index (Phi) is 1.74. The van der Waals surface area contributed by atoms with Gasteiger partial charge in [0.05, 0.1) is 0 Å². The first kappa shape index (κ1) is 4.31. The third-order valence-electron chi connectivity index (χ3n) is 0. The zero-order valence-electron chi connectivity index (χ0n) is 1.54. The summed E-state index contributed by atoms with van der Waals surface area (Å²) in [6.45, 7) is 0. The van der Waals surface area contributed by atoms with Crippen LogP contribution in [-0.4, -0.2) is 15.3 Å². The Hall–Kier alpha value is 0.309. The molecule has 0 aliphatic rings. The van der Waals surface area contributed by atoms with E-state index in [9.17, 15) is 10.7 Å². The molecule has 27 valence electrons. The van der Waals surface area contributed by atoms with Crippen molar-refractivity contribution in [3.63, 3.8) is 0 Å². The second kappa shape index (κ2) is 1.61. The van der Waals surface area contributed by atoms with Crippen LogP contribution in [0.3, 0.4) is 0 Å². The Morgan fingerprint density at radius 2 is 1.00 bits per heavy atom. The third-order valence-corrected chi connectivity index (χ3v) is 0. The molecule has 0 atom stereocenters. The van der Waals surface area contributed by atoms with E-state index < -0.39 is 15.3 Å². The van der Waals surface area contributed by atoms with Gasteiger partial charge in [0, 0.05) is 0 Å². The van der Waals surface area contributed by atoms with E-state index >= 15 is 0 Å².